The van der Waals surface area contributed by atoms with Crippen LogP contribution >= 0.6 is 22.7 Å². The number of nitrogens with zero attached hydrogens (tertiary/aromatic N) is 2. The number of allylic oxidation sites excluding steroid dienone is 1. The summed E-state index contributed by atoms with van der Waals surface area (Å²) in [6, 6.07) is 17.8. The monoisotopic (exact) mass is 558 g/mol. The minimum absolute atomic E-state index is 0.0634. The Morgan fingerprint density at radius 3 is 2.77 bits per heavy atom. The predicted octanol–water partition coefficient (Wildman–Crippen LogP) is 4.33. The topological polar surface area (TPSA) is 79.1 Å². The number of esters is 1. The van der Waals surface area contributed by atoms with E-state index in [9.17, 15) is 9.59 Å². The quantitative estimate of drug-likeness (QED) is 0.316. The van der Waals surface area contributed by atoms with E-state index in [1.807, 2.05) is 41.8 Å². The Hall–Kier alpha value is -3.95. The van der Waals surface area contributed by atoms with Crippen molar-refractivity contribution in [1.82, 2.24) is 4.57 Å². The van der Waals surface area contributed by atoms with Gasteiger partial charge >= 0.3 is 5.97 Å². The van der Waals surface area contributed by atoms with E-state index in [2.05, 4.69) is 34.4 Å². The Bertz CT molecular complexity index is 1770. The van der Waals surface area contributed by atoms with Crippen LogP contribution in [-0.4, -0.2) is 30.9 Å². The van der Waals surface area contributed by atoms with E-state index >= 15 is 0 Å². The van der Waals surface area contributed by atoms with Crippen molar-refractivity contribution in [3.05, 3.63) is 107 Å². The zero-order valence-corrected chi connectivity index (χ0v) is 23.1. The average molecular weight is 559 g/mol. The van der Waals surface area contributed by atoms with E-state index in [0.29, 0.717) is 27.4 Å². The van der Waals surface area contributed by atoms with Gasteiger partial charge in [0.2, 0.25) is 0 Å². The smallest absolute Gasteiger partial charge is 0.343 e. The summed E-state index contributed by atoms with van der Waals surface area (Å²) in [5.41, 5.74) is 5.36. The van der Waals surface area contributed by atoms with Gasteiger partial charge in [-0.15, -0.1) is 11.3 Å². The Morgan fingerprint density at radius 2 is 1.97 bits per heavy atom. The van der Waals surface area contributed by atoms with Crippen molar-refractivity contribution < 1.29 is 19.0 Å². The molecule has 198 valence electrons. The highest BCUT2D eigenvalue weighted by molar-refractivity contribution is 7.10. The molecule has 2 aromatic heterocycles. The minimum Gasteiger partial charge on any atom is -0.490 e. The average Bonchev–Trinajstić information content (AvgIpc) is 3.60. The number of benzene rings is 2. The number of ether oxygens (including phenoxy) is 3. The molecule has 1 unspecified atom stereocenters. The normalized spacial score (nSPS) is 16.2. The Balaban J connectivity index is 1.46. The van der Waals surface area contributed by atoms with Crippen molar-refractivity contribution in [3.63, 3.8) is 0 Å². The van der Waals surface area contributed by atoms with Gasteiger partial charge in [0.15, 0.2) is 22.9 Å². The van der Waals surface area contributed by atoms with E-state index in [4.69, 9.17) is 14.5 Å². The molecule has 0 radical (unpaired) electrons. The van der Waals surface area contributed by atoms with Gasteiger partial charge < -0.3 is 14.2 Å². The van der Waals surface area contributed by atoms with Gasteiger partial charge in [-0.05, 0) is 66.1 Å². The number of aromatic nitrogens is 1. The van der Waals surface area contributed by atoms with Crippen LogP contribution in [-0.2, 0) is 16.0 Å². The second kappa shape index (κ2) is 10.7. The van der Waals surface area contributed by atoms with Gasteiger partial charge in [-0.3, -0.25) is 9.36 Å². The van der Waals surface area contributed by atoms with Crippen LogP contribution in [0.5, 0.6) is 11.5 Å². The molecule has 1 aliphatic heterocycles. The van der Waals surface area contributed by atoms with E-state index in [1.54, 1.807) is 17.4 Å². The molecule has 0 saturated heterocycles. The number of thiophene rings is 1. The molecule has 0 bridgehead atoms. The van der Waals surface area contributed by atoms with E-state index in [1.165, 1.54) is 29.6 Å². The fraction of sp³-hybridized carbons (Fsp3) is 0.233. The van der Waals surface area contributed by atoms with E-state index in [-0.39, 0.29) is 18.2 Å². The molecule has 2 aromatic carbocycles. The number of thiazole rings is 1. The molecule has 0 amide bonds. The van der Waals surface area contributed by atoms with Crippen LogP contribution < -0.4 is 24.4 Å². The number of aryl methyl sites for hydroxylation is 1. The van der Waals surface area contributed by atoms with Crippen molar-refractivity contribution in [3.8, 4) is 11.5 Å². The number of rotatable bonds is 7. The predicted molar refractivity (Wildman–Crippen MR) is 152 cm³/mol. The molecule has 9 heteroatoms. The fourth-order valence-corrected chi connectivity index (χ4v) is 6.92. The molecule has 0 saturated carbocycles. The first-order valence-corrected chi connectivity index (χ1v) is 14.4. The zero-order valence-electron chi connectivity index (χ0n) is 21.5. The molecule has 0 N–H and O–H groups in total. The first-order chi connectivity index (χ1) is 19.1. The van der Waals surface area contributed by atoms with Crippen LogP contribution in [0.3, 0.4) is 0 Å². The molecule has 1 atom stereocenters. The van der Waals surface area contributed by atoms with Crippen molar-refractivity contribution in [2.75, 3.05) is 20.3 Å². The third-order valence-corrected chi connectivity index (χ3v) is 8.73. The first kappa shape index (κ1) is 25.3. The van der Waals surface area contributed by atoms with Gasteiger partial charge in [-0.25, -0.2) is 9.79 Å². The molecule has 7 nitrogen and oxygen atoms in total. The maximum atomic E-state index is 13.9. The molecule has 6 rings (SSSR count). The number of hydrogen-bond acceptors (Lipinski definition) is 8. The zero-order chi connectivity index (χ0) is 26.9. The summed E-state index contributed by atoms with van der Waals surface area (Å²) in [6.45, 7) is 2.08. The van der Waals surface area contributed by atoms with Gasteiger partial charge in [-0.1, -0.05) is 47.7 Å². The van der Waals surface area contributed by atoms with Gasteiger partial charge in [0.25, 0.3) is 5.56 Å². The summed E-state index contributed by atoms with van der Waals surface area (Å²) < 4.78 is 18.4. The third-order valence-electron chi connectivity index (χ3n) is 6.82. The summed E-state index contributed by atoms with van der Waals surface area (Å²) in [5.74, 6) is 0.449. The molecule has 2 aliphatic rings. The molecular formula is C30H26N2O5S2. The molecule has 0 fully saturated rings. The molecule has 3 heterocycles. The largest absolute Gasteiger partial charge is 0.490 e. The number of carbonyl (C=O) groups is 1. The summed E-state index contributed by atoms with van der Waals surface area (Å²) in [7, 11) is 1.31. The highest BCUT2D eigenvalue weighted by Gasteiger charge is 2.33. The first-order valence-electron chi connectivity index (χ1n) is 12.7. The minimum atomic E-state index is -0.478. The van der Waals surface area contributed by atoms with Crippen LogP contribution in [0.15, 0.2) is 75.3 Å². The van der Waals surface area contributed by atoms with Crippen LogP contribution in [0.1, 0.15) is 41.0 Å². The lowest BCUT2D eigenvalue weighted by Crippen LogP contribution is -2.38. The van der Waals surface area contributed by atoms with E-state index in [0.717, 1.165) is 34.5 Å². The van der Waals surface area contributed by atoms with Crippen LogP contribution in [0, 0.1) is 0 Å². The van der Waals surface area contributed by atoms with Crippen molar-refractivity contribution >= 4 is 40.4 Å². The summed E-state index contributed by atoms with van der Waals surface area (Å²) in [6.07, 6.45) is 3.66. The van der Waals surface area contributed by atoms with Crippen molar-refractivity contribution in [1.29, 1.82) is 0 Å². The fourth-order valence-electron chi connectivity index (χ4n) is 5.07. The Morgan fingerprint density at radius 1 is 1.10 bits per heavy atom. The summed E-state index contributed by atoms with van der Waals surface area (Å²) >= 11 is 3.06. The third kappa shape index (κ3) is 4.72. The van der Waals surface area contributed by atoms with Gasteiger partial charge in [0.05, 0.1) is 30.0 Å². The summed E-state index contributed by atoms with van der Waals surface area (Å²) in [4.78, 5) is 32.3. The maximum absolute atomic E-state index is 13.9. The molecular weight excluding hydrogens is 532 g/mol. The second-order valence-corrected chi connectivity index (χ2v) is 11.1. The molecule has 1 aliphatic carbocycles. The highest BCUT2D eigenvalue weighted by atomic mass is 32.1. The lowest BCUT2D eigenvalue weighted by atomic mass is 9.85. The Labute approximate surface area is 232 Å². The molecule has 0 spiro atoms. The van der Waals surface area contributed by atoms with Gasteiger partial charge in [-0.2, -0.15) is 0 Å². The summed E-state index contributed by atoms with van der Waals surface area (Å²) in [5, 5.41) is 2.06. The van der Waals surface area contributed by atoms with Crippen molar-refractivity contribution in [2.24, 2.45) is 4.99 Å². The number of fused-ring (bicyclic) bond motifs is 3. The van der Waals surface area contributed by atoms with Crippen LogP contribution in [0.4, 0.5) is 0 Å². The van der Waals surface area contributed by atoms with E-state index < -0.39 is 5.97 Å². The van der Waals surface area contributed by atoms with Crippen LogP contribution in [0.25, 0.3) is 11.8 Å². The van der Waals surface area contributed by atoms with Gasteiger partial charge in [0, 0.05) is 10.4 Å². The standard InChI is InChI=1S/C30H26N2O5S2/c1-3-36-23-15-18(10-13-22(23)37-17-26(33)35-2)16-25-29(34)32-28(24-9-6-14-38-24)21-12-11-19-7-4-5-8-20(19)27(21)31-30(32)39-25/h4-10,13-16,28H,3,11-12,17H2,1-2H3/b25-16-. The Kier molecular flexibility index (Phi) is 6.93. The lowest BCUT2D eigenvalue weighted by Gasteiger charge is -2.30. The lowest BCUT2D eigenvalue weighted by molar-refractivity contribution is -0.142. The number of methoxy groups -OCH3 is 1. The SMILES string of the molecule is CCOc1cc(/C=c2\sc3n(c2=O)C(c2cccs2)C2=C(N=3)c3ccccc3CC2)ccc1OCC(=O)OC. The maximum Gasteiger partial charge on any atom is 0.343 e. The number of carbonyl (C=O) groups excluding carboxylic acids is 1. The number of hydrogen-bond donors (Lipinski definition) is 0. The highest BCUT2D eigenvalue weighted by Crippen LogP contribution is 2.42. The van der Waals surface area contributed by atoms with Gasteiger partial charge in [0.1, 0.15) is 0 Å². The second-order valence-electron chi connectivity index (χ2n) is 9.13. The van der Waals surface area contributed by atoms with Crippen LogP contribution in [0.2, 0.25) is 0 Å². The molecule has 39 heavy (non-hydrogen) atoms. The van der Waals surface area contributed by atoms with Crippen molar-refractivity contribution in [2.45, 2.75) is 25.8 Å². The molecule has 4 aromatic rings.